The van der Waals surface area contributed by atoms with Crippen LogP contribution in [0.15, 0.2) is 29.3 Å². The van der Waals surface area contributed by atoms with Crippen molar-refractivity contribution in [2.45, 2.75) is 44.7 Å². The number of amides is 1. The summed E-state index contributed by atoms with van der Waals surface area (Å²) >= 11 is 0. The minimum absolute atomic E-state index is 0.0569. The van der Waals surface area contributed by atoms with Gasteiger partial charge in [-0.15, -0.1) is 0 Å². The first-order chi connectivity index (χ1) is 9.09. The van der Waals surface area contributed by atoms with Crippen molar-refractivity contribution in [2.75, 3.05) is 0 Å². The van der Waals surface area contributed by atoms with Crippen LogP contribution in [0.25, 0.3) is 0 Å². The number of hydrogen-bond donors (Lipinski definition) is 2. The van der Waals surface area contributed by atoms with E-state index < -0.39 is 5.54 Å². The van der Waals surface area contributed by atoms with Gasteiger partial charge in [0, 0.05) is 12.5 Å². The van der Waals surface area contributed by atoms with Crippen LogP contribution in [-0.2, 0) is 17.6 Å². The molecule has 2 aliphatic rings. The largest absolute Gasteiger partial charge is 0.341 e. The number of aliphatic imine (C=N–C) groups is 1. The Morgan fingerprint density at radius 2 is 2.00 bits per heavy atom. The summed E-state index contributed by atoms with van der Waals surface area (Å²) in [5, 5.41) is 6.19. The first-order valence-electron chi connectivity index (χ1n) is 6.83. The summed E-state index contributed by atoms with van der Waals surface area (Å²) in [4.78, 5) is 16.7. The Kier molecular flexibility index (Phi) is 2.81. The van der Waals surface area contributed by atoms with Gasteiger partial charge in [-0.05, 0) is 37.8 Å². The van der Waals surface area contributed by atoms with Gasteiger partial charge in [0.2, 0.25) is 0 Å². The summed E-state index contributed by atoms with van der Waals surface area (Å²) in [6.07, 6.45) is 2.50. The van der Waals surface area contributed by atoms with Crippen molar-refractivity contribution >= 4 is 11.9 Å². The Hall–Kier alpha value is -1.84. The fraction of sp³-hybridized carbons (Fsp3) is 0.467. The molecular weight excluding hydrogens is 238 g/mol. The molecule has 2 N–H and O–H groups in total. The number of nitrogens with zero attached hydrogens (tertiary/aromatic N) is 1. The van der Waals surface area contributed by atoms with Gasteiger partial charge in [0.05, 0.1) is 0 Å². The number of nitrogens with one attached hydrogen (secondary N) is 2. The standard InChI is InChI=1S/C15H19N3O/c1-10(2)16-14-17-13(19)15(18-14)8-7-11-5-3-4-6-12(11)9-15/h3-6,10H,7-9H2,1-2H3,(H2,16,17,18,19). The molecule has 0 aromatic heterocycles. The summed E-state index contributed by atoms with van der Waals surface area (Å²) in [6.45, 7) is 4.00. The van der Waals surface area contributed by atoms with Gasteiger partial charge in [-0.3, -0.25) is 15.1 Å². The van der Waals surface area contributed by atoms with Crippen LogP contribution in [0, 0.1) is 0 Å². The summed E-state index contributed by atoms with van der Waals surface area (Å²) in [7, 11) is 0. The highest BCUT2D eigenvalue weighted by molar-refractivity contribution is 6.09. The molecule has 1 atom stereocenters. The zero-order chi connectivity index (χ0) is 13.5. The first-order valence-corrected chi connectivity index (χ1v) is 6.83. The van der Waals surface area contributed by atoms with E-state index in [1.54, 1.807) is 0 Å². The molecule has 3 rings (SSSR count). The lowest BCUT2D eigenvalue weighted by molar-refractivity contribution is -0.124. The van der Waals surface area contributed by atoms with Crippen molar-refractivity contribution in [3.05, 3.63) is 35.4 Å². The quantitative estimate of drug-likeness (QED) is 0.799. The maximum atomic E-state index is 12.3. The SMILES string of the molecule is CC(C)N=C1NC(=O)C2(CCc3ccccc3C2)N1. The van der Waals surface area contributed by atoms with Crippen molar-refractivity contribution in [2.24, 2.45) is 4.99 Å². The van der Waals surface area contributed by atoms with E-state index in [-0.39, 0.29) is 11.9 Å². The lowest BCUT2D eigenvalue weighted by atomic mass is 9.78. The number of fused-ring (bicyclic) bond motifs is 1. The molecule has 0 saturated carbocycles. The second-order valence-corrected chi connectivity index (χ2v) is 5.68. The second kappa shape index (κ2) is 4.37. The minimum Gasteiger partial charge on any atom is -0.341 e. The third kappa shape index (κ3) is 2.11. The summed E-state index contributed by atoms with van der Waals surface area (Å²) < 4.78 is 0. The summed E-state index contributed by atoms with van der Waals surface area (Å²) in [5.41, 5.74) is 2.13. The highest BCUT2D eigenvalue weighted by Crippen LogP contribution is 2.30. The lowest BCUT2D eigenvalue weighted by Crippen LogP contribution is -2.51. The van der Waals surface area contributed by atoms with Gasteiger partial charge in [-0.2, -0.15) is 0 Å². The van der Waals surface area contributed by atoms with E-state index in [0.717, 1.165) is 19.3 Å². The van der Waals surface area contributed by atoms with Crippen molar-refractivity contribution in [1.82, 2.24) is 10.6 Å². The molecule has 0 bridgehead atoms. The highest BCUT2D eigenvalue weighted by atomic mass is 16.2. The Morgan fingerprint density at radius 3 is 2.74 bits per heavy atom. The number of carbonyl (C=O) groups excluding carboxylic acids is 1. The molecule has 1 aromatic carbocycles. The van der Waals surface area contributed by atoms with Crippen molar-refractivity contribution in [1.29, 1.82) is 0 Å². The molecule has 1 spiro atoms. The molecule has 1 fully saturated rings. The van der Waals surface area contributed by atoms with Gasteiger partial charge in [-0.1, -0.05) is 24.3 Å². The summed E-state index contributed by atoms with van der Waals surface area (Å²) in [5.74, 6) is 0.681. The van der Waals surface area contributed by atoms with Crippen molar-refractivity contribution in [3.8, 4) is 0 Å². The highest BCUT2D eigenvalue weighted by Gasteiger charge is 2.46. The van der Waals surface area contributed by atoms with Gasteiger partial charge in [-0.25, -0.2) is 0 Å². The van der Waals surface area contributed by atoms with E-state index >= 15 is 0 Å². The third-order valence-corrected chi connectivity index (χ3v) is 3.84. The smallest absolute Gasteiger partial charge is 0.252 e. The Balaban J connectivity index is 1.89. The van der Waals surface area contributed by atoms with E-state index in [0.29, 0.717) is 5.96 Å². The van der Waals surface area contributed by atoms with Gasteiger partial charge in [0.1, 0.15) is 5.54 Å². The Morgan fingerprint density at radius 1 is 1.26 bits per heavy atom. The molecule has 1 saturated heterocycles. The van der Waals surface area contributed by atoms with Gasteiger partial charge >= 0.3 is 0 Å². The molecular formula is C15H19N3O. The predicted octanol–water partition coefficient (Wildman–Crippen LogP) is 1.40. The zero-order valence-corrected chi connectivity index (χ0v) is 11.4. The average molecular weight is 257 g/mol. The van der Waals surface area contributed by atoms with Crippen molar-refractivity contribution < 1.29 is 4.79 Å². The number of rotatable bonds is 1. The van der Waals surface area contributed by atoms with E-state index in [1.807, 2.05) is 19.9 Å². The fourth-order valence-electron chi connectivity index (χ4n) is 2.90. The van der Waals surface area contributed by atoms with Crippen LogP contribution in [-0.4, -0.2) is 23.4 Å². The topological polar surface area (TPSA) is 53.5 Å². The van der Waals surface area contributed by atoms with Crippen LogP contribution >= 0.6 is 0 Å². The van der Waals surface area contributed by atoms with Crippen LogP contribution in [0.4, 0.5) is 0 Å². The predicted molar refractivity (Wildman–Crippen MR) is 75.0 cm³/mol. The molecule has 1 heterocycles. The molecule has 4 nitrogen and oxygen atoms in total. The van der Waals surface area contributed by atoms with Gasteiger partial charge < -0.3 is 5.32 Å². The van der Waals surface area contributed by atoms with E-state index in [2.05, 4.69) is 33.8 Å². The van der Waals surface area contributed by atoms with Gasteiger partial charge in [0.15, 0.2) is 5.96 Å². The molecule has 1 aliphatic heterocycles. The second-order valence-electron chi connectivity index (χ2n) is 5.68. The number of benzene rings is 1. The molecule has 0 radical (unpaired) electrons. The molecule has 19 heavy (non-hydrogen) atoms. The normalized spacial score (nSPS) is 27.5. The fourth-order valence-corrected chi connectivity index (χ4v) is 2.90. The molecule has 1 unspecified atom stereocenters. The number of guanidine groups is 1. The van der Waals surface area contributed by atoms with Crippen LogP contribution in [0.2, 0.25) is 0 Å². The molecule has 1 aliphatic carbocycles. The maximum absolute atomic E-state index is 12.3. The molecule has 1 amide bonds. The van der Waals surface area contributed by atoms with Crippen LogP contribution < -0.4 is 10.6 Å². The van der Waals surface area contributed by atoms with E-state index in [9.17, 15) is 4.79 Å². The molecule has 1 aromatic rings. The van der Waals surface area contributed by atoms with Crippen LogP contribution in [0.3, 0.4) is 0 Å². The molecule has 100 valence electrons. The number of hydrogen-bond acceptors (Lipinski definition) is 2. The van der Waals surface area contributed by atoms with E-state index in [1.165, 1.54) is 11.1 Å². The minimum atomic E-state index is -0.498. The first kappa shape index (κ1) is 12.2. The monoisotopic (exact) mass is 257 g/mol. The molecule has 4 heteroatoms. The van der Waals surface area contributed by atoms with E-state index in [4.69, 9.17) is 0 Å². The van der Waals surface area contributed by atoms with Crippen LogP contribution in [0.1, 0.15) is 31.4 Å². The lowest BCUT2D eigenvalue weighted by Gasteiger charge is -2.32. The van der Waals surface area contributed by atoms with Crippen LogP contribution in [0.5, 0.6) is 0 Å². The zero-order valence-electron chi connectivity index (χ0n) is 11.4. The Bertz CT molecular complexity index is 550. The Labute approximate surface area is 113 Å². The maximum Gasteiger partial charge on any atom is 0.252 e. The number of carbonyl (C=O) groups is 1. The van der Waals surface area contributed by atoms with Crippen molar-refractivity contribution in [3.63, 3.8) is 0 Å². The van der Waals surface area contributed by atoms with Gasteiger partial charge in [0.25, 0.3) is 5.91 Å². The number of aryl methyl sites for hydroxylation is 1. The average Bonchev–Trinajstić information content (AvgIpc) is 2.64. The third-order valence-electron chi connectivity index (χ3n) is 3.84. The summed E-state index contributed by atoms with van der Waals surface area (Å²) in [6, 6.07) is 8.54.